The molecule has 1 saturated heterocycles. The summed E-state index contributed by atoms with van der Waals surface area (Å²) >= 11 is 0. The minimum absolute atomic E-state index is 0.0558. The first kappa shape index (κ1) is 18.0. The summed E-state index contributed by atoms with van der Waals surface area (Å²) in [5.41, 5.74) is 3.02. The molecule has 0 spiro atoms. The molecule has 0 N–H and O–H groups in total. The van der Waals surface area contributed by atoms with Crippen LogP contribution in [-0.4, -0.2) is 40.3 Å². The SMILES string of the molecule is Cn1nc(C(=O)N2CCC[C@H](COc3ccc(F)cc3)C2)c2c1CCCC2. The molecular formula is C21H26FN3O2. The molecule has 2 heterocycles. The number of aryl methyl sites for hydroxylation is 1. The molecule has 2 aliphatic rings. The van der Waals surface area contributed by atoms with Crippen molar-refractivity contribution in [1.82, 2.24) is 14.7 Å². The van der Waals surface area contributed by atoms with Crippen LogP contribution in [0, 0.1) is 11.7 Å². The van der Waals surface area contributed by atoms with Gasteiger partial charge in [-0.15, -0.1) is 0 Å². The Morgan fingerprint density at radius 2 is 2.00 bits per heavy atom. The van der Waals surface area contributed by atoms with Gasteiger partial charge >= 0.3 is 0 Å². The Bertz CT molecular complexity index is 816. The summed E-state index contributed by atoms with van der Waals surface area (Å²) in [6, 6.07) is 6.08. The van der Waals surface area contributed by atoms with Crippen molar-refractivity contribution in [2.45, 2.75) is 38.5 Å². The number of benzene rings is 1. The number of ether oxygens (including phenoxy) is 1. The number of hydrogen-bond donors (Lipinski definition) is 0. The van der Waals surface area contributed by atoms with Crippen molar-refractivity contribution in [3.63, 3.8) is 0 Å². The van der Waals surface area contributed by atoms with Gasteiger partial charge in [-0.1, -0.05) is 0 Å². The van der Waals surface area contributed by atoms with Gasteiger partial charge < -0.3 is 9.64 Å². The molecular weight excluding hydrogens is 345 g/mol. The Hall–Kier alpha value is -2.37. The van der Waals surface area contributed by atoms with Crippen molar-refractivity contribution in [3.8, 4) is 5.75 Å². The molecule has 5 nitrogen and oxygen atoms in total. The molecule has 1 aromatic carbocycles. The molecule has 4 rings (SSSR count). The lowest BCUT2D eigenvalue weighted by atomic mass is 9.94. The molecule has 2 aromatic rings. The molecule has 1 amide bonds. The molecule has 0 bridgehead atoms. The van der Waals surface area contributed by atoms with E-state index < -0.39 is 0 Å². The van der Waals surface area contributed by atoms with Gasteiger partial charge in [-0.25, -0.2) is 4.39 Å². The van der Waals surface area contributed by atoms with Crippen LogP contribution < -0.4 is 4.74 Å². The van der Waals surface area contributed by atoms with Crippen LogP contribution in [0.4, 0.5) is 4.39 Å². The highest BCUT2D eigenvalue weighted by Crippen LogP contribution is 2.26. The number of rotatable bonds is 4. The number of amides is 1. The first-order valence-electron chi connectivity index (χ1n) is 9.84. The van der Waals surface area contributed by atoms with Crippen LogP contribution in [0.1, 0.15) is 47.4 Å². The number of hydrogen-bond acceptors (Lipinski definition) is 3. The van der Waals surface area contributed by atoms with Gasteiger partial charge in [0.05, 0.1) is 6.61 Å². The van der Waals surface area contributed by atoms with Crippen molar-refractivity contribution in [2.24, 2.45) is 13.0 Å². The Morgan fingerprint density at radius 1 is 1.22 bits per heavy atom. The maximum Gasteiger partial charge on any atom is 0.274 e. The van der Waals surface area contributed by atoms with Crippen LogP contribution in [0.3, 0.4) is 0 Å². The number of aromatic nitrogens is 2. The molecule has 1 fully saturated rings. The zero-order valence-electron chi connectivity index (χ0n) is 15.8. The van der Waals surface area contributed by atoms with Gasteiger partial charge in [0.1, 0.15) is 11.6 Å². The Kier molecular flexibility index (Phi) is 5.14. The van der Waals surface area contributed by atoms with Crippen LogP contribution in [0.15, 0.2) is 24.3 Å². The monoisotopic (exact) mass is 371 g/mol. The summed E-state index contributed by atoms with van der Waals surface area (Å²) in [6.45, 7) is 2.00. The first-order valence-corrected chi connectivity index (χ1v) is 9.84. The zero-order valence-corrected chi connectivity index (χ0v) is 15.8. The second-order valence-corrected chi connectivity index (χ2v) is 7.63. The van der Waals surface area contributed by atoms with Gasteiger partial charge in [-0.2, -0.15) is 5.10 Å². The van der Waals surface area contributed by atoms with E-state index in [2.05, 4.69) is 5.10 Å². The standard InChI is InChI=1S/C21H26FN3O2/c1-24-19-7-3-2-6-18(19)20(23-24)21(26)25-12-4-5-15(13-25)14-27-17-10-8-16(22)9-11-17/h8-11,15H,2-7,12-14H2,1H3/t15-/m0/s1. The molecule has 1 aromatic heterocycles. The van der Waals surface area contributed by atoms with Crippen molar-refractivity contribution >= 4 is 5.91 Å². The molecule has 27 heavy (non-hydrogen) atoms. The molecule has 1 atom stereocenters. The van der Waals surface area contributed by atoms with Gasteiger partial charge in [0.25, 0.3) is 5.91 Å². The summed E-state index contributed by atoms with van der Waals surface area (Å²) in [7, 11) is 1.94. The molecule has 6 heteroatoms. The summed E-state index contributed by atoms with van der Waals surface area (Å²) in [6.07, 6.45) is 6.28. The number of carbonyl (C=O) groups excluding carboxylic acids is 1. The maximum atomic E-state index is 13.1. The van der Waals surface area contributed by atoms with Crippen LogP contribution in [-0.2, 0) is 19.9 Å². The highest BCUT2D eigenvalue weighted by Gasteiger charge is 2.30. The van der Waals surface area contributed by atoms with E-state index in [1.807, 2.05) is 16.6 Å². The predicted octanol–water partition coefficient (Wildman–Crippen LogP) is 3.37. The smallest absolute Gasteiger partial charge is 0.274 e. The molecule has 1 aliphatic heterocycles. The third-order valence-corrected chi connectivity index (χ3v) is 5.67. The number of carbonyl (C=O) groups is 1. The average molecular weight is 371 g/mol. The largest absolute Gasteiger partial charge is 0.493 e. The molecule has 144 valence electrons. The first-order chi connectivity index (χ1) is 13.1. The summed E-state index contributed by atoms with van der Waals surface area (Å²) in [5, 5.41) is 4.55. The quantitative estimate of drug-likeness (QED) is 0.828. The molecule has 0 unspecified atom stereocenters. The van der Waals surface area contributed by atoms with Crippen LogP contribution >= 0.6 is 0 Å². The number of piperidine rings is 1. The van der Waals surface area contributed by atoms with E-state index in [9.17, 15) is 9.18 Å². The number of fused-ring (bicyclic) bond motifs is 1. The molecule has 0 saturated carbocycles. The number of halogens is 1. The summed E-state index contributed by atoms with van der Waals surface area (Å²) in [4.78, 5) is 15.0. The van der Waals surface area contributed by atoms with Crippen molar-refractivity contribution in [3.05, 3.63) is 47.0 Å². The lowest BCUT2D eigenvalue weighted by Crippen LogP contribution is -2.42. The maximum absolute atomic E-state index is 13.1. The fourth-order valence-corrected chi connectivity index (χ4v) is 4.22. The topological polar surface area (TPSA) is 47.4 Å². The van der Waals surface area contributed by atoms with Crippen molar-refractivity contribution in [2.75, 3.05) is 19.7 Å². The van der Waals surface area contributed by atoms with Gasteiger partial charge in [0.15, 0.2) is 5.69 Å². The van der Waals surface area contributed by atoms with Gasteiger partial charge in [0, 0.05) is 37.3 Å². The Morgan fingerprint density at radius 3 is 2.81 bits per heavy atom. The molecule has 1 aliphatic carbocycles. The lowest BCUT2D eigenvalue weighted by Gasteiger charge is -2.32. The third kappa shape index (κ3) is 3.84. The normalized spacial score (nSPS) is 19.6. The summed E-state index contributed by atoms with van der Waals surface area (Å²) < 4.78 is 20.7. The second kappa shape index (κ2) is 7.71. The lowest BCUT2D eigenvalue weighted by molar-refractivity contribution is 0.0625. The Balaban J connectivity index is 1.40. The van der Waals surface area contributed by atoms with Crippen LogP contribution in [0.25, 0.3) is 0 Å². The van der Waals surface area contributed by atoms with E-state index in [0.717, 1.165) is 44.2 Å². The predicted molar refractivity (Wildman–Crippen MR) is 100 cm³/mol. The fourth-order valence-electron chi connectivity index (χ4n) is 4.22. The van der Waals surface area contributed by atoms with Gasteiger partial charge in [-0.3, -0.25) is 9.48 Å². The third-order valence-electron chi connectivity index (χ3n) is 5.67. The van der Waals surface area contributed by atoms with Crippen LogP contribution in [0.2, 0.25) is 0 Å². The Labute approximate surface area is 159 Å². The van der Waals surface area contributed by atoms with E-state index in [0.29, 0.717) is 24.6 Å². The minimum atomic E-state index is -0.268. The van der Waals surface area contributed by atoms with E-state index in [4.69, 9.17) is 4.74 Å². The molecule has 0 radical (unpaired) electrons. The summed E-state index contributed by atoms with van der Waals surface area (Å²) in [5.74, 6) is 0.738. The van der Waals surface area contributed by atoms with Crippen molar-refractivity contribution in [1.29, 1.82) is 0 Å². The van der Waals surface area contributed by atoms with E-state index in [1.54, 1.807) is 12.1 Å². The second-order valence-electron chi connectivity index (χ2n) is 7.63. The number of nitrogens with zero attached hydrogens (tertiary/aromatic N) is 3. The number of likely N-dealkylation sites (tertiary alicyclic amines) is 1. The van der Waals surface area contributed by atoms with E-state index in [-0.39, 0.29) is 17.6 Å². The van der Waals surface area contributed by atoms with Gasteiger partial charge in [0.2, 0.25) is 0 Å². The van der Waals surface area contributed by atoms with E-state index in [1.165, 1.54) is 24.2 Å². The highest BCUT2D eigenvalue weighted by molar-refractivity contribution is 5.94. The van der Waals surface area contributed by atoms with E-state index >= 15 is 0 Å². The zero-order chi connectivity index (χ0) is 18.8. The minimum Gasteiger partial charge on any atom is -0.493 e. The van der Waals surface area contributed by atoms with Crippen molar-refractivity contribution < 1.29 is 13.9 Å². The van der Waals surface area contributed by atoms with Gasteiger partial charge in [-0.05, 0) is 62.8 Å². The van der Waals surface area contributed by atoms with Crippen LogP contribution in [0.5, 0.6) is 5.75 Å². The average Bonchev–Trinajstić information content (AvgIpc) is 3.04. The fraction of sp³-hybridized carbons (Fsp3) is 0.524. The highest BCUT2D eigenvalue weighted by atomic mass is 19.1.